The molecule has 2 N–H and O–H groups in total. The average Bonchev–Trinajstić information content (AvgIpc) is 3.01. The average molecular weight is 363 g/mol. The second-order valence-corrected chi connectivity index (χ2v) is 5.96. The minimum Gasteiger partial charge on any atom is -0.381 e. The van der Waals surface area contributed by atoms with Gasteiger partial charge in [-0.1, -0.05) is 45.7 Å². The number of nitrogens with zero attached hydrogens (tertiary/aromatic N) is 1. The maximum Gasteiger partial charge on any atom is 0.0650 e. The Hall–Kier alpha value is -1.78. The number of H-pyrrole nitrogens is 1. The lowest BCUT2D eigenvalue weighted by atomic mass is 10.1. The van der Waals surface area contributed by atoms with E-state index >= 15 is 0 Å². The first-order valence-corrected chi connectivity index (χ1v) is 7.67. The Balaban J connectivity index is 1.75. The van der Waals surface area contributed by atoms with Crippen LogP contribution in [0.1, 0.15) is 5.56 Å². The van der Waals surface area contributed by atoms with Gasteiger partial charge in [-0.2, -0.15) is 5.10 Å². The molecule has 0 atom stereocenters. The standard InChI is InChI=1S/C16H13BrClN3/c17-13-5-4-12(15(18)9-13)10-19-14-3-1-2-11(8-14)16-6-7-20-21-16/h1-9,19H,10H2,(H,20,21). The van der Waals surface area contributed by atoms with Gasteiger partial charge in [-0.25, -0.2) is 0 Å². The number of benzene rings is 2. The smallest absolute Gasteiger partial charge is 0.0650 e. The molecule has 0 aliphatic carbocycles. The maximum atomic E-state index is 6.22. The van der Waals surface area contributed by atoms with Crippen LogP contribution in [0.4, 0.5) is 5.69 Å². The van der Waals surface area contributed by atoms with E-state index in [4.69, 9.17) is 11.6 Å². The molecule has 3 nitrogen and oxygen atoms in total. The van der Waals surface area contributed by atoms with Gasteiger partial charge in [0.05, 0.1) is 5.69 Å². The number of aromatic nitrogens is 2. The lowest BCUT2D eigenvalue weighted by Crippen LogP contribution is -2.00. The Morgan fingerprint density at radius 3 is 2.81 bits per heavy atom. The normalized spacial score (nSPS) is 10.6. The molecule has 1 heterocycles. The summed E-state index contributed by atoms with van der Waals surface area (Å²) in [6.45, 7) is 0.679. The van der Waals surface area contributed by atoms with Crippen LogP contribution in [-0.4, -0.2) is 10.2 Å². The van der Waals surface area contributed by atoms with Crippen LogP contribution in [0.25, 0.3) is 11.3 Å². The molecule has 0 saturated carbocycles. The number of nitrogens with one attached hydrogen (secondary N) is 2. The lowest BCUT2D eigenvalue weighted by molar-refractivity contribution is 1.09. The molecule has 0 amide bonds. The summed E-state index contributed by atoms with van der Waals surface area (Å²) < 4.78 is 0.984. The van der Waals surface area contributed by atoms with E-state index in [9.17, 15) is 0 Å². The van der Waals surface area contributed by atoms with Crippen LogP contribution >= 0.6 is 27.5 Å². The molecular formula is C16H13BrClN3. The first-order valence-electron chi connectivity index (χ1n) is 6.50. The maximum absolute atomic E-state index is 6.22. The van der Waals surface area contributed by atoms with Crippen molar-refractivity contribution in [2.45, 2.75) is 6.54 Å². The Morgan fingerprint density at radius 1 is 1.14 bits per heavy atom. The molecule has 0 aliphatic rings. The number of halogens is 2. The molecule has 0 bridgehead atoms. The van der Waals surface area contributed by atoms with Crippen molar-refractivity contribution in [3.8, 4) is 11.3 Å². The van der Waals surface area contributed by atoms with Gasteiger partial charge in [-0.05, 0) is 35.9 Å². The van der Waals surface area contributed by atoms with Crippen molar-refractivity contribution in [1.82, 2.24) is 10.2 Å². The van der Waals surface area contributed by atoms with E-state index in [1.165, 1.54) is 0 Å². The van der Waals surface area contributed by atoms with Crippen molar-refractivity contribution in [3.63, 3.8) is 0 Å². The number of aromatic amines is 1. The van der Waals surface area contributed by atoms with Crippen LogP contribution < -0.4 is 5.32 Å². The highest BCUT2D eigenvalue weighted by Crippen LogP contribution is 2.24. The largest absolute Gasteiger partial charge is 0.381 e. The van der Waals surface area contributed by atoms with Gasteiger partial charge < -0.3 is 5.32 Å². The van der Waals surface area contributed by atoms with Crippen molar-refractivity contribution >= 4 is 33.2 Å². The van der Waals surface area contributed by atoms with Crippen LogP contribution in [-0.2, 0) is 6.54 Å². The van der Waals surface area contributed by atoms with E-state index in [0.29, 0.717) is 6.54 Å². The van der Waals surface area contributed by atoms with Gasteiger partial charge in [0.2, 0.25) is 0 Å². The summed E-state index contributed by atoms with van der Waals surface area (Å²) in [6.07, 6.45) is 1.75. The Labute approximate surface area is 136 Å². The van der Waals surface area contributed by atoms with E-state index in [1.54, 1.807) is 6.20 Å². The third-order valence-electron chi connectivity index (χ3n) is 3.17. The number of rotatable bonds is 4. The minimum absolute atomic E-state index is 0.679. The van der Waals surface area contributed by atoms with Crippen molar-refractivity contribution < 1.29 is 0 Å². The topological polar surface area (TPSA) is 40.7 Å². The second kappa shape index (κ2) is 6.33. The molecule has 0 spiro atoms. The molecule has 0 unspecified atom stereocenters. The monoisotopic (exact) mass is 361 g/mol. The summed E-state index contributed by atoms with van der Waals surface area (Å²) in [5, 5.41) is 11.1. The molecule has 106 valence electrons. The third-order valence-corrected chi connectivity index (χ3v) is 4.02. The molecule has 5 heteroatoms. The van der Waals surface area contributed by atoms with Crippen LogP contribution in [0.15, 0.2) is 59.2 Å². The predicted molar refractivity (Wildman–Crippen MR) is 90.5 cm³/mol. The highest BCUT2D eigenvalue weighted by atomic mass is 79.9. The minimum atomic E-state index is 0.679. The highest BCUT2D eigenvalue weighted by molar-refractivity contribution is 9.10. The molecule has 0 saturated heterocycles. The van der Waals surface area contributed by atoms with Gasteiger partial charge in [0.1, 0.15) is 0 Å². The predicted octanol–water partition coefficient (Wildman–Crippen LogP) is 5.10. The van der Waals surface area contributed by atoms with Gasteiger partial charge >= 0.3 is 0 Å². The van der Waals surface area contributed by atoms with Crippen LogP contribution in [0.5, 0.6) is 0 Å². The van der Waals surface area contributed by atoms with E-state index < -0.39 is 0 Å². The highest BCUT2D eigenvalue weighted by Gasteiger charge is 2.03. The summed E-state index contributed by atoms with van der Waals surface area (Å²) >= 11 is 9.63. The summed E-state index contributed by atoms with van der Waals surface area (Å²) in [5.41, 5.74) is 4.20. The Morgan fingerprint density at radius 2 is 2.05 bits per heavy atom. The molecule has 3 rings (SSSR count). The van der Waals surface area contributed by atoms with Crippen molar-refractivity contribution in [3.05, 3.63) is 69.8 Å². The lowest BCUT2D eigenvalue weighted by Gasteiger charge is -2.09. The van der Waals surface area contributed by atoms with Crippen LogP contribution in [0, 0.1) is 0 Å². The molecule has 0 fully saturated rings. The molecule has 3 aromatic rings. The SMILES string of the molecule is Clc1cc(Br)ccc1CNc1cccc(-c2ccn[nH]2)c1. The van der Waals surface area contributed by atoms with E-state index in [-0.39, 0.29) is 0 Å². The summed E-state index contributed by atoms with van der Waals surface area (Å²) in [6, 6.07) is 16.0. The van der Waals surface area contributed by atoms with Crippen LogP contribution in [0.3, 0.4) is 0 Å². The van der Waals surface area contributed by atoms with Gasteiger partial charge in [0.25, 0.3) is 0 Å². The van der Waals surface area contributed by atoms with Gasteiger partial charge in [-0.15, -0.1) is 0 Å². The molecule has 1 aromatic heterocycles. The fraction of sp³-hybridized carbons (Fsp3) is 0.0625. The fourth-order valence-electron chi connectivity index (χ4n) is 2.08. The van der Waals surface area contributed by atoms with E-state index in [2.05, 4.69) is 37.5 Å². The first-order chi connectivity index (χ1) is 10.2. The fourth-order valence-corrected chi connectivity index (χ4v) is 2.82. The number of hydrogen-bond donors (Lipinski definition) is 2. The zero-order chi connectivity index (χ0) is 14.7. The third kappa shape index (κ3) is 3.46. The quantitative estimate of drug-likeness (QED) is 0.677. The number of anilines is 1. The van der Waals surface area contributed by atoms with Crippen molar-refractivity contribution in [2.75, 3.05) is 5.32 Å². The Kier molecular flexibility index (Phi) is 4.27. The van der Waals surface area contributed by atoms with Gasteiger partial charge in [-0.3, -0.25) is 5.10 Å². The van der Waals surface area contributed by atoms with Crippen molar-refractivity contribution in [2.24, 2.45) is 0 Å². The Bertz CT molecular complexity index is 741. The number of hydrogen-bond acceptors (Lipinski definition) is 2. The zero-order valence-electron chi connectivity index (χ0n) is 11.1. The summed E-state index contributed by atoms with van der Waals surface area (Å²) in [5.74, 6) is 0. The van der Waals surface area contributed by atoms with Crippen molar-refractivity contribution in [1.29, 1.82) is 0 Å². The molecule has 0 radical (unpaired) electrons. The van der Waals surface area contributed by atoms with Crippen LogP contribution in [0.2, 0.25) is 5.02 Å². The molecule has 2 aromatic carbocycles. The molecule has 21 heavy (non-hydrogen) atoms. The first kappa shape index (κ1) is 14.2. The van der Waals surface area contributed by atoms with Gasteiger partial charge in [0.15, 0.2) is 0 Å². The van der Waals surface area contributed by atoms with E-state index in [1.807, 2.05) is 42.5 Å². The summed E-state index contributed by atoms with van der Waals surface area (Å²) in [4.78, 5) is 0. The zero-order valence-corrected chi connectivity index (χ0v) is 13.4. The molecular weight excluding hydrogens is 350 g/mol. The van der Waals surface area contributed by atoms with Gasteiger partial charge in [0, 0.05) is 33.5 Å². The summed E-state index contributed by atoms with van der Waals surface area (Å²) in [7, 11) is 0. The van der Waals surface area contributed by atoms with E-state index in [0.717, 1.165) is 32.0 Å². The second-order valence-electron chi connectivity index (χ2n) is 4.64. The molecule has 0 aliphatic heterocycles.